The van der Waals surface area contributed by atoms with E-state index in [1.807, 2.05) is 0 Å². The standard InChI is InChI=1S/C9H12O/c1-2-9(10)6-8(7-9)4-3-5-8/h1,10H,3-7H2. The van der Waals surface area contributed by atoms with E-state index in [0.29, 0.717) is 5.41 Å². The fourth-order valence-corrected chi connectivity index (χ4v) is 2.32. The Morgan fingerprint density at radius 1 is 1.30 bits per heavy atom. The van der Waals surface area contributed by atoms with Gasteiger partial charge in [-0.1, -0.05) is 12.3 Å². The zero-order valence-corrected chi connectivity index (χ0v) is 6.06. The molecule has 0 radical (unpaired) electrons. The van der Waals surface area contributed by atoms with Gasteiger partial charge in [0.15, 0.2) is 0 Å². The second-order valence-electron chi connectivity index (χ2n) is 3.88. The SMILES string of the molecule is C#CC1(O)CC2(CCC2)C1. The topological polar surface area (TPSA) is 20.2 Å². The van der Waals surface area contributed by atoms with Crippen LogP contribution in [0.5, 0.6) is 0 Å². The van der Waals surface area contributed by atoms with Gasteiger partial charge in [0.05, 0.1) is 0 Å². The van der Waals surface area contributed by atoms with Crippen LogP contribution in [0.25, 0.3) is 0 Å². The molecule has 2 aliphatic carbocycles. The monoisotopic (exact) mass is 136 g/mol. The molecule has 0 unspecified atom stereocenters. The summed E-state index contributed by atoms with van der Waals surface area (Å²) in [7, 11) is 0. The molecule has 1 spiro atoms. The molecule has 0 aromatic heterocycles. The first kappa shape index (κ1) is 6.24. The van der Waals surface area contributed by atoms with E-state index in [1.54, 1.807) is 0 Å². The van der Waals surface area contributed by atoms with Crippen molar-refractivity contribution in [2.45, 2.75) is 37.7 Å². The minimum absolute atomic E-state index is 0.487. The molecule has 54 valence electrons. The molecule has 1 N–H and O–H groups in total. The van der Waals surface area contributed by atoms with Crippen molar-refractivity contribution in [3.05, 3.63) is 0 Å². The highest BCUT2D eigenvalue weighted by atomic mass is 16.3. The lowest BCUT2D eigenvalue weighted by Crippen LogP contribution is -2.54. The lowest BCUT2D eigenvalue weighted by Gasteiger charge is -2.56. The fraction of sp³-hybridized carbons (Fsp3) is 0.778. The van der Waals surface area contributed by atoms with Crippen LogP contribution in [-0.4, -0.2) is 10.7 Å². The maximum Gasteiger partial charge on any atom is 0.126 e. The molecule has 0 saturated heterocycles. The van der Waals surface area contributed by atoms with E-state index in [0.717, 1.165) is 12.8 Å². The minimum atomic E-state index is -0.722. The molecule has 0 atom stereocenters. The Morgan fingerprint density at radius 2 is 1.90 bits per heavy atom. The Balaban J connectivity index is 2.00. The molecule has 0 bridgehead atoms. The van der Waals surface area contributed by atoms with Gasteiger partial charge < -0.3 is 5.11 Å². The largest absolute Gasteiger partial charge is 0.378 e. The Labute approximate surface area is 61.4 Å². The van der Waals surface area contributed by atoms with Gasteiger partial charge in [0.1, 0.15) is 5.60 Å². The normalized spacial score (nSPS) is 32.0. The third kappa shape index (κ3) is 0.630. The smallest absolute Gasteiger partial charge is 0.126 e. The Hall–Kier alpha value is -0.480. The maximum atomic E-state index is 9.48. The van der Waals surface area contributed by atoms with Gasteiger partial charge in [-0.05, 0) is 31.1 Å². The van der Waals surface area contributed by atoms with Gasteiger partial charge in [0.2, 0.25) is 0 Å². The molecule has 10 heavy (non-hydrogen) atoms. The van der Waals surface area contributed by atoms with Crippen molar-refractivity contribution in [3.8, 4) is 12.3 Å². The third-order valence-electron chi connectivity index (χ3n) is 3.02. The molecule has 2 rings (SSSR count). The summed E-state index contributed by atoms with van der Waals surface area (Å²) in [4.78, 5) is 0. The average molecular weight is 136 g/mol. The summed E-state index contributed by atoms with van der Waals surface area (Å²) in [5.74, 6) is 2.46. The van der Waals surface area contributed by atoms with Gasteiger partial charge in [0, 0.05) is 0 Å². The van der Waals surface area contributed by atoms with Crippen molar-refractivity contribution in [1.82, 2.24) is 0 Å². The lowest BCUT2D eigenvalue weighted by molar-refractivity contribution is -0.125. The lowest BCUT2D eigenvalue weighted by atomic mass is 9.50. The van der Waals surface area contributed by atoms with Crippen LogP contribution < -0.4 is 0 Å². The van der Waals surface area contributed by atoms with Crippen LogP contribution in [0.4, 0.5) is 0 Å². The number of rotatable bonds is 0. The van der Waals surface area contributed by atoms with E-state index >= 15 is 0 Å². The zero-order chi connectivity index (χ0) is 7.24. The van der Waals surface area contributed by atoms with Crippen molar-refractivity contribution >= 4 is 0 Å². The van der Waals surface area contributed by atoms with Crippen molar-refractivity contribution in [1.29, 1.82) is 0 Å². The summed E-state index contributed by atoms with van der Waals surface area (Å²) >= 11 is 0. The highest BCUT2D eigenvalue weighted by molar-refractivity contribution is 5.20. The predicted octanol–water partition coefficient (Wildman–Crippen LogP) is 1.31. The quantitative estimate of drug-likeness (QED) is 0.498. The van der Waals surface area contributed by atoms with Gasteiger partial charge in [-0.25, -0.2) is 0 Å². The first-order valence-corrected chi connectivity index (χ1v) is 3.88. The van der Waals surface area contributed by atoms with Crippen LogP contribution >= 0.6 is 0 Å². The van der Waals surface area contributed by atoms with Crippen molar-refractivity contribution in [2.24, 2.45) is 5.41 Å². The summed E-state index contributed by atoms with van der Waals surface area (Å²) < 4.78 is 0. The zero-order valence-electron chi connectivity index (χ0n) is 6.06. The number of hydrogen-bond acceptors (Lipinski definition) is 1. The molecule has 2 aliphatic rings. The van der Waals surface area contributed by atoms with Gasteiger partial charge in [0.25, 0.3) is 0 Å². The van der Waals surface area contributed by atoms with Crippen LogP contribution in [0.1, 0.15) is 32.1 Å². The van der Waals surface area contributed by atoms with Gasteiger partial charge in [-0.3, -0.25) is 0 Å². The molecular weight excluding hydrogens is 124 g/mol. The van der Waals surface area contributed by atoms with Gasteiger partial charge in [-0.2, -0.15) is 0 Å². The number of terminal acetylenes is 1. The molecule has 0 aliphatic heterocycles. The average Bonchev–Trinajstić information content (AvgIpc) is 1.77. The van der Waals surface area contributed by atoms with Crippen LogP contribution in [0, 0.1) is 17.8 Å². The maximum absolute atomic E-state index is 9.48. The number of hydrogen-bond donors (Lipinski definition) is 1. The highest BCUT2D eigenvalue weighted by Crippen LogP contribution is 2.60. The summed E-state index contributed by atoms with van der Waals surface area (Å²) in [6.45, 7) is 0. The Morgan fingerprint density at radius 3 is 2.20 bits per heavy atom. The molecule has 0 amide bonds. The van der Waals surface area contributed by atoms with Crippen LogP contribution in [-0.2, 0) is 0 Å². The van der Waals surface area contributed by atoms with E-state index in [1.165, 1.54) is 19.3 Å². The molecule has 2 saturated carbocycles. The summed E-state index contributed by atoms with van der Waals surface area (Å²) in [5, 5.41) is 9.48. The Bertz CT molecular complexity index is 187. The molecule has 0 aromatic rings. The van der Waals surface area contributed by atoms with E-state index in [2.05, 4.69) is 5.92 Å². The third-order valence-corrected chi connectivity index (χ3v) is 3.02. The van der Waals surface area contributed by atoms with Gasteiger partial charge in [-0.15, -0.1) is 6.42 Å². The molecule has 0 heterocycles. The fourth-order valence-electron chi connectivity index (χ4n) is 2.32. The summed E-state index contributed by atoms with van der Waals surface area (Å²) in [5.41, 5.74) is -0.235. The predicted molar refractivity (Wildman–Crippen MR) is 39.3 cm³/mol. The molecule has 0 aromatic carbocycles. The van der Waals surface area contributed by atoms with Crippen LogP contribution in [0.15, 0.2) is 0 Å². The summed E-state index contributed by atoms with van der Waals surface area (Å²) in [6.07, 6.45) is 10.8. The minimum Gasteiger partial charge on any atom is -0.378 e. The second-order valence-corrected chi connectivity index (χ2v) is 3.88. The highest BCUT2D eigenvalue weighted by Gasteiger charge is 2.55. The van der Waals surface area contributed by atoms with E-state index in [4.69, 9.17) is 6.42 Å². The van der Waals surface area contributed by atoms with Crippen molar-refractivity contribution < 1.29 is 5.11 Å². The number of aliphatic hydroxyl groups is 1. The van der Waals surface area contributed by atoms with E-state index in [-0.39, 0.29) is 0 Å². The first-order chi connectivity index (χ1) is 4.68. The van der Waals surface area contributed by atoms with Crippen molar-refractivity contribution in [2.75, 3.05) is 0 Å². The van der Waals surface area contributed by atoms with E-state index < -0.39 is 5.60 Å². The second kappa shape index (κ2) is 1.57. The molecular formula is C9H12O. The molecule has 1 heteroatoms. The van der Waals surface area contributed by atoms with Crippen LogP contribution in [0.3, 0.4) is 0 Å². The van der Waals surface area contributed by atoms with E-state index in [9.17, 15) is 5.11 Å². The Kier molecular flexibility index (Phi) is 0.980. The summed E-state index contributed by atoms with van der Waals surface area (Å²) in [6, 6.07) is 0. The van der Waals surface area contributed by atoms with Gasteiger partial charge >= 0.3 is 0 Å². The van der Waals surface area contributed by atoms with Crippen LogP contribution in [0.2, 0.25) is 0 Å². The van der Waals surface area contributed by atoms with Crippen molar-refractivity contribution in [3.63, 3.8) is 0 Å². The molecule has 2 fully saturated rings. The first-order valence-electron chi connectivity index (χ1n) is 3.88. The molecule has 1 nitrogen and oxygen atoms in total.